The average Bonchev–Trinajstić information content (AvgIpc) is 2.99. The molecule has 0 amide bonds. The number of nitrogens with zero attached hydrogens (tertiary/aromatic N) is 3. The van der Waals surface area contributed by atoms with Crippen molar-refractivity contribution in [1.82, 2.24) is 24.7 Å². The first-order valence-electron chi connectivity index (χ1n) is 12.0. The molecule has 3 aliphatic rings. The smallest absolute Gasteiger partial charge is 0.329 e. The van der Waals surface area contributed by atoms with Gasteiger partial charge < -0.3 is 15.4 Å². The van der Waals surface area contributed by atoms with E-state index in [9.17, 15) is 4.79 Å². The van der Waals surface area contributed by atoms with Gasteiger partial charge in [-0.15, -0.1) is 0 Å². The fourth-order valence-corrected chi connectivity index (χ4v) is 4.95. The Hall–Kier alpha value is -1.67. The highest BCUT2D eigenvalue weighted by Gasteiger charge is 2.31. The van der Waals surface area contributed by atoms with Gasteiger partial charge >= 0.3 is 5.69 Å². The van der Waals surface area contributed by atoms with Crippen LogP contribution in [0.15, 0.2) is 23.0 Å². The van der Waals surface area contributed by atoms with Crippen molar-refractivity contribution in [3.05, 3.63) is 34.2 Å². The topological polar surface area (TPSA) is 63.5 Å². The molecule has 0 aliphatic carbocycles. The lowest BCUT2D eigenvalue weighted by Crippen LogP contribution is -2.53. The van der Waals surface area contributed by atoms with Gasteiger partial charge in [0.15, 0.2) is 0 Å². The summed E-state index contributed by atoms with van der Waals surface area (Å²) in [5, 5.41) is 6.35. The summed E-state index contributed by atoms with van der Waals surface area (Å²) >= 11 is 0. The van der Waals surface area contributed by atoms with Crippen LogP contribution in [-0.4, -0.2) is 65.5 Å². The van der Waals surface area contributed by atoms with Crippen LogP contribution >= 0.6 is 0 Å². The van der Waals surface area contributed by atoms with Crippen LogP contribution < -0.4 is 16.3 Å². The van der Waals surface area contributed by atoms with Crippen molar-refractivity contribution in [2.45, 2.75) is 50.5 Å². The molecule has 0 saturated carbocycles. The zero-order chi connectivity index (χ0) is 21.5. The maximum Gasteiger partial charge on any atom is 0.329 e. The second kappa shape index (κ2) is 8.22. The number of imidazole rings is 1. The Bertz CT molecular complexity index is 980. The van der Waals surface area contributed by atoms with Crippen LogP contribution in [0.5, 0.6) is 0 Å². The maximum absolute atomic E-state index is 13.1. The minimum Gasteiger partial charge on any atom is -0.372 e. The highest BCUT2D eigenvalue weighted by molar-refractivity contribution is 5.80. The predicted octanol–water partition coefficient (Wildman–Crippen LogP) is 1.22. The molecule has 29 heavy (non-hydrogen) atoms. The molecule has 0 radical (unpaired) electrons. The minimum absolute atomic E-state index is 0.0781. The van der Waals surface area contributed by atoms with Gasteiger partial charge in [-0.1, -0.05) is 12.1 Å². The standard InChI is InChI=1S/C22H33N5O2/c1-25-21-16(13-26-14-19(15-26)29-18-7-10-23-11-8-18)4-2-6-20(21)27(22(25)28)17-5-3-9-24-12-17/h2,4,6,17-19,23-24H,3,5,7-15H2,1H3/i9D,12D. The van der Waals surface area contributed by atoms with Crippen LogP contribution in [0.4, 0.5) is 0 Å². The van der Waals surface area contributed by atoms with Crippen molar-refractivity contribution in [3.8, 4) is 0 Å². The Kier molecular flexibility index (Phi) is 4.84. The van der Waals surface area contributed by atoms with Gasteiger partial charge in [0.2, 0.25) is 0 Å². The predicted molar refractivity (Wildman–Crippen MR) is 114 cm³/mol. The van der Waals surface area contributed by atoms with Crippen molar-refractivity contribution in [2.75, 3.05) is 39.2 Å². The van der Waals surface area contributed by atoms with Crippen molar-refractivity contribution in [1.29, 1.82) is 0 Å². The Morgan fingerprint density at radius 3 is 2.79 bits per heavy atom. The van der Waals surface area contributed by atoms with E-state index in [1.54, 1.807) is 9.13 Å². The molecule has 7 heteroatoms. The van der Waals surface area contributed by atoms with E-state index in [2.05, 4.69) is 21.6 Å². The Morgan fingerprint density at radius 1 is 1.17 bits per heavy atom. The van der Waals surface area contributed by atoms with Crippen LogP contribution in [-0.2, 0) is 18.3 Å². The number of para-hydroxylation sites is 1. The minimum atomic E-state index is -0.647. The molecule has 0 bridgehead atoms. The van der Waals surface area contributed by atoms with Gasteiger partial charge in [0, 0.05) is 35.9 Å². The third-order valence-electron chi connectivity index (χ3n) is 6.52. The molecule has 3 aliphatic heterocycles. The molecule has 3 unspecified atom stereocenters. The molecule has 1 aromatic carbocycles. The Labute approximate surface area is 174 Å². The van der Waals surface area contributed by atoms with E-state index < -0.39 is 13.0 Å². The number of nitrogens with one attached hydrogen (secondary N) is 2. The second-order valence-corrected chi connectivity index (χ2v) is 8.58. The van der Waals surface area contributed by atoms with E-state index >= 15 is 0 Å². The summed E-state index contributed by atoms with van der Waals surface area (Å²) in [4.78, 5) is 15.5. The van der Waals surface area contributed by atoms with Crippen molar-refractivity contribution in [2.24, 2.45) is 7.05 Å². The number of piperidine rings is 2. The van der Waals surface area contributed by atoms with Gasteiger partial charge in [0.05, 0.1) is 29.3 Å². The molecule has 0 spiro atoms. The van der Waals surface area contributed by atoms with Crippen molar-refractivity contribution >= 4 is 11.0 Å². The molecule has 4 heterocycles. The van der Waals surface area contributed by atoms with E-state index in [0.717, 1.165) is 62.2 Å². The number of likely N-dealkylation sites (tertiary alicyclic amines) is 1. The molecule has 5 rings (SSSR count). The lowest BCUT2D eigenvalue weighted by molar-refractivity contribution is -0.102. The van der Waals surface area contributed by atoms with Crippen LogP contribution in [0.1, 0.15) is 40.0 Å². The first-order valence-corrected chi connectivity index (χ1v) is 10.9. The third-order valence-corrected chi connectivity index (χ3v) is 6.52. The number of hydrogen-bond acceptors (Lipinski definition) is 5. The lowest BCUT2D eigenvalue weighted by Gasteiger charge is -2.41. The Morgan fingerprint density at radius 2 is 2.00 bits per heavy atom. The Balaban J connectivity index is 1.32. The van der Waals surface area contributed by atoms with E-state index in [-0.39, 0.29) is 11.7 Å². The average molecular weight is 402 g/mol. The normalized spacial score (nSPS) is 30.9. The molecule has 2 N–H and O–H groups in total. The summed E-state index contributed by atoms with van der Waals surface area (Å²) in [7, 11) is 1.83. The first kappa shape index (κ1) is 17.1. The summed E-state index contributed by atoms with van der Waals surface area (Å²) in [6.45, 7) is 3.68. The lowest BCUT2D eigenvalue weighted by atomic mass is 10.1. The van der Waals surface area contributed by atoms with Gasteiger partial charge in [-0.05, 0) is 56.9 Å². The molecule has 3 fully saturated rings. The number of aryl methyl sites for hydroxylation is 1. The van der Waals surface area contributed by atoms with Crippen LogP contribution in [0.2, 0.25) is 0 Å². The van der Waals surface area contributed by atoms with Gasteiger partial charge in [0.1, 0.15) is 0 Å². The summed E-state index contributed by atoms with van der Waals surface area (Å²) in [5.74, 6) is 0. The van der Waals surface area contributed by atoms with Crippen LogP contribution in [0.25, 0.3) is 11.0 Å². The number of fused-ring (bicyclic) bond motifs is 1. The molecular weight excluding hydrogens is 366 g/mol. The van der Waals surface area contributed by atoms with Gasteiger partial charge in [0.25, 0.3) is 0 Å². The zero-order valence-electron chi connectivity index (χ0n) is 19.1. The number of ether oxygens (including phenoxy) is 1. The monoisotopic (exact) mass is 401 g/mol. The van der Waals surface area contributed by atoms with Crippen molar-refractivity contribution < 1.29 is 7.48 Å². The SMILES string of the molecule is [2H]C1CCC(n2c(=O)n(C)c3c(CN4CC(OC5CCNCC5)C4)cccc32)C([2H])N1. The van der Waals surface area contributed by atoms with Crippen LogP contribution in [0, 0.1) is 0 Å². The van der Waals surface area contributed by atoms with E-state index in [1.807, 2.05) is 19.2 Å². The quantitative estimate of drug-likeness (QED) is 0.789. The van der Waals surface area contributed by atoms with Crippen molar-refractivity contribution in [3.63, 3.8) is 0 Å². The molecular formula is C22H33N5O2. The summed E-state index contributed by atoms with van der Waals surface area (Å²) in [6.07, 6.45) is 4.21. The summed E-state index contributed by atoms with van der Waals surface area (Å²) in [5.41, 5.74) is 2.90. The highest BCUT2D eigenvalue weighted by Crippen LogP contribution is 2.26. The maximum atomic E-state index is 13.1. The molecule has 158 valence electrons. The highest BCUT2D eigenvalue weighted by atomic mass is 16.5. The number of aromatic nitrogens is 2. The first-order chi connectivity index (χ1) is 15.0. The van der Waals surface area contributed by atoms with Gasteiger partial charge in [-0.2, -0.15) is 0 Å². The van der Waals surface area contributed by atoms with Gasteiger partial charge in [-0.25, -0.2) is 4.79 Å². The van der Waals surface area contributed by atoms with Crippen LogP contribution in [0.3, 0.4) is 0 Å². The number of benzene rings is 1. The number of rotatable bonds is 5. The largest absolute Gasteiger partial charge is 0.372 e. The molecule has 3 saturated heterocycles. The summed E-state index contributed by atoms with van der Waals surface area (Å²) < 4.78 is 26.0. The summed E-state index contributed by atoms with van der Waals surface area (Å²) in [6, 6.07) is 5.85. The van der Waals surface area contributed by atoms with E-state index in [4.69, 9.17) is 7.48 Å². The fraction of sp³-hybridized carbons (Fsp3) is 0.682. The second-order valence-electron chi connectivity index (χ2n) is 8.58. The zero-order valence-corrected chi connectivity index (χ0v) is 17.1. The van der Waals surface area contributed by atoms with E-state index in [1.165, 1.54) is 0 Å². The van der Waals surface area contributed by atoms with E-state index in [0.29, 0.717) is 25.0 Å². The fourth-order valence-electron chi connectivity index (χ4n) is 4.95. The van der Waals surface area contributed by atoms with Gasteiger partial charge in [-0.3, -0.25) is 14.0 Å². The molecule has 2 aromatic rings. The third kappa shape index (κ3) is 3.77. The molecule has 7 nitrogen and oxygen atoms in total. The number of hydrogen-bond donors (Lipinski definition) is 2. The molecule has 3 atom stereocenters. The molecule has 1 aromatic heterocycles.